The Morgan fingerprint density at radius 2 is 2.22 bits per heavy atom. The number of aliphatic hydroxyl groups excluding tert-OH is 1. The highest BCUT2D eigenvalue weighted by Crippen LogP contribution is 2.16. The van der Waals surface area contributed by atoms with Crippen LogP contribution in [0.4, 0.5) is 0 Å². The predicted molar refractivity (Wildman–Crippen MR) is 87.3 cm³/mol. The van der Waals surface area contributed by atoms with Crippen molar-refractivity contribution >= 4 is 5.97 Å². The number of carbonyl (C=O) groups is 1. The molecule has 2 N–H and O–H groups in total. The second-order valence-electron chi connectivity index (χ2n) is 6.44. The van der Waals surface area contributed by atoms with Crippen LogP contribution in [0.3, 0.4) is 0 Å². The summed E-state index contributed by atoms with van der Waals surface area (Å²) in [6.45, 7) is 7.83. The van der Waals surface area contributed by atoms with Crippen LogP contribution in [0.5, 0.6) is 0 Å². The van der Waals surface area contributed by atoms with E-state index in [0.29, 0.717) is 36.7 Å². The van der Waals surface area contributed by atoms with Crippen molar-refractivity contribution in [2.24, 2.45) is 5.92 Å². The van der Waals surface area contributed by atoms with E-state index in [0.717, 1.165) is 19.0 Å². The number of methoxy groups -OCH3 is 1. The van der Waals surface area contributed by atoms with Gasteiger partial charge in [0.2, 0.25) is 0 Å². The third-order valence-electron chi connectivity index (χ3n) is 4.40. The van der Waals surface area contributed by atoms with Gasteiger partial charge in [-0.05, 0) is 44.8 Å². The number of esters is 1. The molecule has 23 heavy (non-hydrogen) atoms. The van der Waals surface area contributed by atoms with Crippen LogP contribution in [-0.4, -0.2) is 55.4 Å². The second kappa shape index (κ2) is 8.47. The van der Waals surface area contributed by atoms with Crippen LogP contribution < -0.4 is 5.32 Å². The summed E-state index contributed by atoms with van der Waals surface area (Å²) in [5, 5.41) is 13.3. The number of hydrogen-bond acceptors (Lipinski definition) is 6. The summed E-state index contributed by atoms with van der Waals surface area (Å²) in [6, 6.07) is 1.69. The molecule has 1 unspecified atom stereocenters. The summed E-state index contributed by atoms with van der Waals surface area (Å²) in [7, 11) is 1.35. The first-order valence-electron chi connectivity index (χ1n) is 8.28. The van der Waals surface area contributed by atoms with Crippen LogP contribution in [0.1, 0.15) is 41.6 Å². The molecule has 6 nitrogen and oxygen atoms in total. The number of nitrogens with one attached hydrogen (secondary N) is 1. The number of furan rings is 1. The quantitative estimate of drug-likeness (QED) is 0.742. The van der Waals surface area contributed by atoms with Gasteiger partial charge in [-0.1, -0.05) is 6.92 Å². The van der Waals surface area contributed by atoms with Crippen LogP contribution in [-0.2, 0) is 11.3 Å². The molecule has 1 aliphatic heterocycles. The molecule has 1 aromatic heterocycles. The largest absolute Gasteiger partial charge is 0.465 e. The number of rotatable bonds is 7. The van der Waals surface area contributed by atoms with Gasteiger partial charge in [-0.3, -0.25) is 0 Å². The smallest absolute Gasteiger partial charge is 0.341 e. The van der Waals surface area contributed by atoms with E-state index in [4.69, 9.17) is 9.15 Å². The molecule has 6 heteroatoms. The third-order valence-corrected chi connectivity index (χ3v) is 4.40. The number of aryl methyl sites for hydroxylation is 1. The Morgan fingerprint density at radius 3 is 2.87 bits per heavy atom. The van der Waals surface area contributed by atoms with Gasteiger partial charge >= 0.3 is 5.97 Å². The number of hydrogen-bond donors (Lipinski definition) is 2. The Hall–Kier alpha value is -1.37. The van der Waals surface area contributed by atoms with Gasteiger partial charge in [-0.25, -0.2) is 4.79 Å². The van der Waals surface area contributed by atoms with E-state index in [-0.39, 0.29) is 0 Å². The molecule has 0 bridgehead atoms. The number of aliphatic hydroxyl groups is 1. The fourth-order valence-electron chi connectivity index (χ4n) is 2.91. The Balaban J connectivity index is 1.71. The van der Waals surface area contributed by atoms with Crippen molar-refractivity contribution in [2.75, 3.05) is 33.3 Å². The fraction of sp³-hybridized carbons (Fsp3) is 0.706. The van der Waals surface area contributed by atoms with Crippen molar-refractivity contribution in [2.45, 2.75) is 39.3 Å². The summed E-state index contributed by atoms with van der Waals surface area (Å²) < 4.78 is 10.2. The summed E-state index contributed by atoms with van der Waals surface area (Å²) in [5.41, 5.74) is 0.451. The van der Waals surface area contributed by atoms with E-state index in [1.54, 1.807) is 13.0 Å². The molecular weight excluding hydrogens is 296 g/mol. The maximum Gasteiger partial charge on any atom is 0.341 e. The Morgan fingerprint density at radius 1 is 1.52 bits per heavy atom. The molecular formula is C17H28N2O4. The highest BCUT2D eigenvalue weighted by atomic mass is 16.5. The van der Waals surface area contributed by atoms with Gasteiger partial charge in [0.25, 0.3) is 0 Å². The maximum atomic E-state index is 11.5. The van der Waals surface area contributed by atoms with Crippen molar-refractivity contribution in [1.82, 2.24) is 10.2 Å². The Bertz CT molecular complexity index is 507. The lowest BCUT2D eigenvalue weighted by atomic mass is 9.99. The normalized spacial score (nSPS) is 18.1. The van der Waals surface area contributed by atoms with E-state index >= 15 is 0 Å². The minimum absolute atomic E-state index is 0.392. The maximum absolute atomic E-state index is 11.5. The first-order chi connectivity index (χ1) is 11.0. The standard InChI is InChI=1S/C17H28N2O4/c1-12-4-6-19(7-5-12)11-14(20)9-18-10-15-8-16(13(2)23-15)17(21)22-3/h8,12,14,18,20H,4-7,9-11H2,1-3H3. The van der Waals surface area contributed by atoms with Crippen LogP contribution >= 0.6 is 0 Å². The third kappa shape index (κ3) is 5.34. The lowest BCUT2D eigenvalue weighted by Gasteiger charge is -2.31. The molecule has 2 rings (SSSR count). The predicted octanol–water partition coefficient (Wildman–Crippen LogP) is 1.56. The minimum Gasteiger partial charge on any atom is -0.465 e. The average Bonchev–Trinajstić information content (AvgIpc) is 2.89. The number of likely N-dealkylation sites (tertiary alicyclic amines) is 1. The van der Waals surface area contributed by atoms with E-state index in [1.807, 2.05) is 0 Å². The lowest BCUT2D eigenvalue weighted by Crippen LogP contribution is -2.41. The molecule has 1 aliphatic rings. The van der Waals surface area contributed by atoms with Crippen molar-refractivity contribution in [3.8, 4) is 0 Å². The van der Waals surface area contributed by atoms with E-state index < -0.39 is 12.1 Å². The number of carbonyl (C=O) groups excluding carboxylic acids is 1. The fourth-order valence-corrected chi connectivity index (χ4v) is 2.91. The van der Waals surface area contributed by atoms with Gasteiger partial charge in [0.05, 0.1) is 19.8 Å². The van der Waals surface area contributed by atoms with Gasteiger partial charge in [0, 0.05) is 13.1 Å². The van der Waals surface area contributed by atoms with E-state index in [1.165, 1.54) is 20.0 Å². The number of ether oxygens (including phenoxy) is 1. The lowest BCUT2D eigenvalue weighted by molar-refractivity contribution is 0.0598. The summed E-state index contributed by atoms with van der Waals surface area (Å²) in [4.78, 5) is 13.8. The highest BCUT2D eigenvalue weighted by Gasteiger charge is 2.18. The van der Waals surface area contributed by atoms with Crippen LogP contribution in [0.2, 0.25) is 0 Å². The molecule has 2 heterocycles. The summed E-state index contributed by atoms with van der Waals surface area (Å²) in [6.07, 6.45) is 2.02. The average molecular weight is 324 g/mol. The molecule has 0 amide bonds. The molecule has 0 saturated carbocycles. The van der Waals surface area contributed by atoms with E-state index in [9.17, 15) is 9.90 Å². The van der Waals surface area contributed by atoms with Gasteiger partial charge < -0.3 is 24.5 Å². The number of β-amino-alcohol motifs (C(OH)–C–C–N with tert-alkyl or cyclic N) is 1. The first kappa shape index (κ1) is 18.0. The van der Waals surface area contributed by atoms with Gasteiger partial charge in [-0.15, -0.1) is 0 Å². The van der Waals surface area contributed by atoms with Gasteiger partial charge in [-0.2, -0.15) is 0 Å². The minimum atomic E-state index is -0.403. The van der Waals surface area contributed by atoms with Crippen LogP contribution in [0.25, 0.3) is 0 Å². The van der Waals surface area contributed by atoms with Crippen LogP contribution in [0, 0.1) is 12.8 Å². The summed E-state index contributed by atoms with van der Waals surface area (Å²) >= 11 is 0. The second-order valence-corrected chi connectivity index (χ2v) is 6.44. The molecule has 1 aromatic rings. The number of nitrogens with zero attached hydrogens (tertiary/aromatic N) is 1. The molecule has 0 aliphatic carbocycles. The van der Waals surface area contributed by atoms with E-state index in [2.05, 4.69) is 17.1 Å². The van der Waals surface area contributed by atoms with Gasteiger partial charge in [0.15, 0.2) is 0 Å². The van der Waals surface area contributed by atoms with Crippen LogP contribution in [0.15, 0.2) is 10.5 Å². The molecule has 1 saturated heterocycles. The molecule has 130 valence electrons. The van der Waals surface area contributed by atoms with Crippen molar-refractivity contribution in [3.63, 3.8) is 0 Å². The zero-order valence-corrected chi connectivity index (χ0v) is 14.3. The van der Waals surface area contributed by atoms with Crippen molar-refractivity contribution in [3.05, 3.63) is 23.2 Å². The summed E-state index contributed by atoms with van der Waals surface area (Å²) in [5.74, 6) is 1.63. The molecule has 1 atom stereocenters. The first-order valence-corrected chi connectivity index (χ1v) is 8.28. The zero-order valence-electron chi connectivity index (χ0n) is 14.3. The molecule has 0 radical (unpaired) electrons. The zero-order chi connectivity index (χ0) is 16.8. The molecule has 0 spiro atoms. The Labute approximate surface area is 137 Å². The van der Waals surface area contributed by atoms with Crippen molar-refractivity contribution in [1.29, 1.82) is 0 Å². The SMILES string of the molecule is COC(=O)c1cc(CNCC(O)CN2CCC(C)CC2)oc1C. The number of piperidine rings is 1. The monoisotopic (exact) mass is 324 g/mol. The molecule has 1 fully saturated rings. The Kier molecular flexibility index (Phi) is 6.62. The molecule has 0 aromatic carbocycles. The topological polar surface area (TPSA) is 74.9 Å². The van der Waals surface area contributed by atoms with Gasteiger partial charge in [0.1, 0.15) is 17.1 Å². The van der Waals surface area contributed by atoms with Crippen molar-refractivity contribution < 1.29 is 19.1 Å². The highest BCUT2D eigenvalue weighted by molar-refractivity contribution is 5.90.